The number of H-pyrrole nitrogens is 1. The van der Waals surface area contributed by atoms with Crippen LogP contribution >= 0.6 is 0 Å². The zero-order chi connectivity index (χ0) is 21.2. The molecule has 1 aliphatic rings. The summed E-state index contributed by atoms with van der Waals surface area (Å²) in [6.07, 6.45) is 2.86. The lowest BCUT2D eigenvalue weighted by Gasteiger charge is -2.32. The Labute approximate surface area is 179 Å². The van der Waals surface area contributed by atoms with Crippen LogP contribution in [0.4, 0.5) is 4.39 Å². The number of hydrogen-bond donors (Lipinski definition) is 1. The Bertz CT molecular complexity index is 1180. The van der Waals surface area contributed by atoms with Gasteiger partial charge in [0, 0.05) is 31.8 Å². The Morgan fingerprint density at radius 2 is 1.97 bits per heavy atom. The predicted octanol–water partition coefficient (Wildman–Crippen LogP) is 5.30. The largest absolute Gasteiger partial charge is 0.461 e. The molecule has 5 nitrogen and oxygen atoms in total. The molecule has 1 amide bonds. The molecule has 1 saturated heterocycles. The van der Waals surface area contributed by atoms with Crippen molar-refractivity contribution in [2.75, 3.05) is 13.1 Å². The SMILES string of the molecule is O=C(CCc1ccc(-c2ccccc2F)o1)N1CCCC(c2nc3ccccc3[nH]2)C1. The molecule has 6 heteroatoms. The fourth-order valence-electron chi connectivity index (χ4n) is 4.30. The van der Waals surface area contributed by atoms with Gasteiger partial charge in [0.1, 0.15) is 23.2 Å². The van der Waals surface area contributed by atoms with Gasteiger partial charge < -0.3 is 14.3 Å². The number of para-hydroxylation sites is 2. The molecule has 4 aromatic rings. The number of piperidine rings is 1. The first kappa shape index (κ1) is 19.5. The smallest absolute Gasteiger partial charge is 0.223 e. The third-order valence-corrected chi connectivity index (χ3v) is 5.95. The van der Waals surface area contributed by atoms with E-state index in [4.69, 9.17) is 9.40 Å². The Balaban J connectivity index is 1.21. The highest BCUT2D eigenvalue weighted by atomic mass is 19.1. The first-order chi connectivity index (χ1) is 15.2. The summed E-state index contributed by atoms with van der Waals surface area (Å²) in [5, 5.41) is 0. The van der Waals surface area contributed by atoms with Crippen LogP contribution < -0.4 is 0 Å². The second kappa shape index (κ2) is 8.38. The lowest BCUT2D eigenvalue weighted by molar-refractivity contribution is -0.132. The quantitative estimate of drug-likeness (QED) is 0.479. The molecule has 1 unspecified atom stereocenters. The molecule has 0 bridgehead atoms. The van der Waals surface area contributed by atoms with Gasteiger partial charge in [-0.3, -0.25) is 4.79 Å². The van der Waals surface area contributed by atoms with Gasteiger partial charge in [-0.2, -0.15) is 0 Å². The molecule has 0 aliphatic carbocycles. The lowest BCUT2D eigenvalue weighted by atomic mass is 9.97. The van der Waals surface area contributed by atoms with E-state index in [0.29, 0.717) is 36.5 Å². The molecule has 1 aliphatic heterocycles. The van der Waals surface area contributed by atoms with Gasteiger partial charge in [-0.1, -0.05) is 24.3 Å². The van der Waals surface area contributed by atoms with E-state index in [1.54, 1.807) is 24.3 Å². The molecule has 31 heavy (non-hydrogen) atoms. The monoisotopic (exact) mass is 417 g/mol. The number of rotatable bonds is 5. The molecule has 1 fully saturated rings. The summed E-state index contributed by atoms with van der Waals surface area (Å²) >= 11 is 0. The minimum atomic E-state index is -0.315. The number of carbonyl (C=O) groups excluding carboxylic acids is 1. The first-order valence-corrected chi connectivity index (χ1v) is 10.7. The highest BCUT2D eigenvalue weighted by Crippen LogP contribution is 2.28. The molecule has 0 radical (unpaired) electrons. The molecule has 1 N–H and O–H groups in total. The summed E-state index contributed by atoms with van der Waals surface area (Å²) in [5.41, 5.74) is 2.43. The molecule has 5 rings (SSSR count). The topological polar surface area (TPSA) is 62.1 Å². The molecule has 0 spiro atoms. The highest BCUT2D eigenvalue weighted by Gasteiger charge is 2.26. The summed E-state index contributed by atoms with van der Waals surface area (Å²) in [5.74, 6) is 2.16. The fourth-order valence-corrected chi connectivity index (χ4v) is 4.30. The zero-order valence-electron chi connectivity index (χ0n) is 17.2. The van der Waals surface area contributed by atoms with Gasteiger partial charge in [-0.15, -0.1) is 0 Å². The van der Waals surface area contributed by atoms with Gasteiger partial charge in [0.25, 0.3) is 0 Å². The number of carbonyl (C=O) groups is 1. The number of aromatic nitrogens is 2. The number of hydrogen-bond acceptors (Lipinski definition) is 3. The van der Waals surface area contributed by atoms with E-state index < -0.39 is 0 Å². The standard InChI is InChI=1S/C25H24FN3O2/c26-20-8-2-1-7-19(20)23-13-11-18(31-23)12-14-24(30)29-15-5-6-17(16-29)25-27-21-9-3-4-10-22(21)28-25/h1-4,7-11,13,17H,5-6,12,14-16H2,(H,27,28). The average molecular weight is 417 g/mol. The van der Waals surface area contributed by atoms with Gasteiger partial charge in [0.15, 0.2) is 0 Å². The van der Waals surface area contributed by atoms with Crippen molar-refractivity contribution in [2.45, 2.75) is 31.6 Å². The molecule has 0 saturated carbocycles. The van der Waals surface area contributed by atoms with Crippen molar-refractivity contribution >= 4 is 16.9 Å². The van der Waals surface area contributed by atoms with Crippen molar-refractivity contribution < 1.29 is 13.6 Å². The zero-order valence-corrected chi connectivity index (χ0v) is 17.2. The summed E-state index contributed by atoms with van der Waals surface area (Å²) in [7, 11) is 0. The number of aryl methyl sites for hydroxylation is 1. The minimum absolute atomic E-state index is 0.115. The van der Waals surface area contributed by atoms with E-state index in [1.165, 1.54) is 6.07 Å². The summed E-state index contributed by atoms with van der Waals surface area (Å²) in [4.78, 5) is 22.9. The number of amides is 1. The Hall–Kier alpha value is -3.41. The van der Waals surface area contributed by atoms with Crippen molar-refractivity contribution in [2.24, 2.45) is 0 Å². The Morgan fingerprint density at radius 1 is 1.13 bits per heavy atom. The van der Waals surface area contributed by atoms with Gasteiger partial charge in [-0.05, 0) is 49.2 Å². The van der Waals surface area contributed by atoms with Crippen molar-refractivity contribution in [1.82, 2.24) is 14.9 Å². The van der Waals surface area contributed by atoms with Crippen LogP contribution in [0.15, 0.2) is 65.1 Å². The maximum atomic E-state index is 14.0. The third-order valence-electron chi connectivity index (χ3n) is 5.95. The van der Waals surface area contributed by atoms with E-state index in [0.717, 1.165) is 36.2 Å². The van der Waals surface area contributed by atoms with E-state index in [2.05, 4.69) is 4.98 Å². The number of fused-ring (bicyclic) bond motifs is 1. The maximum absolute atomic E-state index is 14.0. The molecule has 2 aromatic heterocycles. The van der Waals surface area contributed by atoms with Crippen LogP contribution in [0, 0.1) is 5.82 Å². The van der Waals surface area contributed by atoms with E-state index in [1.807, 2.05) is 35.2 Å². The Kier molecular flexibility index (Phi) is 5.28. The van der Waals surface area contributed by atoms with Crippen LogP contribution in [0.25, 0.3) is 22.4 Å². The fraction of sp³-hybridized carbons (Fsp3) is 0.280. The van der Waals surface area contributed by atoms with E-state index in [9.17, 15) is 9.18 Å². The molecular formula is C25H24FN3O2. The molecule has 158 valence electrons. The summed E-state index contributed by atoms with van der Waals surface area (Å²) < 4.78 is 19.7. The molecular weight excluding hydrogens is 393 g/mol. The number of furan rings is 1. The third kappa shape index (κ3) is 4.10. The minimum Gasteiger partial charge on any atom is -0.461 e. The van der Waals surface area contributed by atoms with Crippen molar-refractivity contribution in [3.8, 4) is 11.3 Å². The average Bonchev–Trinajstić information content (AvgIpc) is 3.45. The van der Waals surface area contributed by atoms with Crippen molar-refractivity contribution in [1.29, 1.82) is 0 Å². The molecule has 2 aromatic carbocycles. The molecule has 3 heterocycles. The first-order valence-electron chi connectivity index (χ1n) is 10.7. The number of benzene rings is 2. The number of nitrogens with zero attached hydrogens (tertiary/aromatic N) is 2. The van der Waals surface area contributed by atoms with Gasteiger partial charge in [0.2, 0.25) is 5.91 Å². The summed E-state index contributed by atoms with van der Waals surface area (Å²) in [6, 6.07) is 18.1. The Morgan fingerprint density at radius 3 is 2.84 bits per heavy atom. The van der Waals surface area contributed by atoms with E-state index in [-0.39, 0.29) is 17.6 Å². The second-order valence-electron chi connectivity index (χ2n) is 8.06. The predicted molar refractivity (Wildman–Crippen MR) is 117 cm³/mol. The van der Waals surface area contributed by atoms with Crippen LogP contribution in [0.3, 0.4) is 0 Å². The van der Waals surface area contributed by atoms with Crippen LogP contribution in [0.5, 0.6) is 0 Å². The van der Waals surface area contributed by atoms with Gasteiger partial charge >= 0.3 is 0 Å². The number of aromatic amines is 1. The van der Waals surface area contributed by atoms with Crippen molar-refractivity contribution in [3.05, 3.63) is 78.1 Å². The van der Waals surface area contributed by atoms with Gasteiger partial charge in [-0.25, -0.2) is 9.37 Å². The van der Waals surface area contributed by atoms with Crippen LogP contribution in [0.1, 0.15) is 36.8 Å². The van der Waals surface area contributed by atoms with Gasteiger partial charge in [0.05, 0.1) is 16.6 Å². The maximum Gasteiger partial charge on any atom is 0.223 e. The highest BCUT2D eigenvalue weighted by molar-refractivity contribution is 5.77. The van der Waals surface area contributed by atoms with E-state index >= 15 is 0 Å². The number of halogens is 1. The second-order valence-corrected chi connectivity index (χ2v) is 8.06. The number of nitrogens with one attached hydrogen (secondary N) is 1. The normalized spacial score (nSPS) is 16.7. The summed E-state index contributed by atoms with van der Waals surface area (Å²) in [6.45, 7) is 1.45. The van der Waals surface area contributed by atoms with Crippen LogP contribution in [-0.2, 0) is 11.2 Å². The van der Waals surface area contributed by atoms with Crippen LogP contribution in [0.2, 0.25) is 0 Å². The number of imidazole rings is 1. The van der Waals surface area contributed by atoms with Crippen LogP contribution in [-0.4, -0.2) is 33.9 Å². The lowest BCUT2D eigenvalue weighted by Crippen LogP contribution is -2.39. The molecule has 1 atom stereocenters. The number of likely N-dealkylation sites (tertiary alicyclic amines) is 1. The van der Waals surface area contributed by atoms with Crippen molar-refractivity contribution in [3.63, 3.8) is 0 Å².